The summed E-state index contributed by atoms with van der Waals surface area (Å²) in [6.07, 6.45) is 0. The molecule has 0 unspecified atom stereocenters. The van der Waals surface area contributed by atoms with Crippen molar-refractivity contribution in [3.05, 3.63) is 84.9 Å². The lowest BCUT2D eigenvalue weighted by Crippen LogP contribution is -2.22. The van der Waals surface area contributed by atoms with E-state index in [2.05, 4.69) is 106 Å². The summed E-state index contributed by atoms with van der Waals surface area (Å²) in [5.74, 6) is 0.600. The predicted octanol–water partition coefficient (Wildman–Crippen LogP) is 5.51. The molecule has 0 atom stereocenters. The van der Waals surface area contributed by atoms with E-state index < -0.39 is 10.1 Å². The third-order valence-electron chi connectivity index (χ3n) is 3.79. The van der Waals surface area contributed by atoms with Gasteiger partial charge in [-0.2, -0.15) is 0 Å². The van der Waals surface area contributed by atoms with E-state index in [1.54, 1.807) is 0 Å². The minimum absolute atomic E-state index is 0.102. The van der Waals surface area contributed by atoms with Gasteiger partial charge in [-0.25, -0.2) is 8.42 Å². The Kier molecular flexibility index (Phi) is 8.53. The molecule has 0 aliphatic heterocycles. The van der Waals surface area contributed by atoms with E-state index in [-0.39, 0.29) is 22.2 Å². The fourth-order valence-electron chi connectivity index (χ4n) is 2.52. The lowest BCUT2D eigenvalue weighted by molar-refractivity contribution is 0.131. The zero-order valence-corrected chi connectivity index (χ0v) is 19.4. The van der Waals surface area contributed by atoms with Crippen molar-refractivity contribution < 1.29 is 17.7 Å². The van der Waals surface area contributed by atoms with Gasteiger partial charge in [-0.05, 0) is 69.3 Å². The van der Waals surface area contributed by atoms with Crippen LogP contribution in [-0.4, -0.2) is 24.3 Å². The van der Waals surface area contributed by atoms with Gasteiger partial charge in [-0.15, -0.1) is 0 Å². The maximum atomic E-state index is 9.44. The van der Waals surface area contributed by atoms with Gasteiger partial charge in [0.05, 0.1) is 21.0 Å². The zero-order chi connectivity index (χ0) is 22.2. The lowest BCUT2D eigenvalue weighted by Gasteiger charge is -2.21. The summed E-state index contributed by atoms with van der Waals surface area (Å²) < 4.78 is 34.3. The Bertz CT molecular complexity index is 955. The van der Waals surface area contributed by atoms with Crippen molar-refractivity contribution in [2.24, 2.45) is 0 Å². The summed E-state index contributed by atoms with van der Waals surface area (Å²) in [5.41, 5.74) is -0.179. The molecule has 0 spiro atoms. The molecule has 0 bridgehead atoms. The normalized spacial score (nSPS) is 11.5. The topological polar surface area (TPSA) is 66.4 Å². The number of rotatable bonds is 5. The Morgan fingerprint density at radius 3 is 1.47 bits per heavy atom. The molecular formula is C24H28O4S2. The molecule has 0 radical (unpaired) electrons. The molecular weight excluding hydrogens is 416 g/mol. The van der Waals surface area contributed by atoms with Crippen molar-refractivity contribution in [2.75, 3.05) is 5.75 Å². The van der Waals surface area contributed by atoms with Crippen molar-refractivity contribution in [3.8, 4) is 5.75 Å². The van der Waals surface area contributed by atoms with E-state index >= 15 is 0 Å². The molecule has 160 valence electrons. The fraction of sp³-hybridized carbons (Fsp3) is 0.250. The first-order valence-electron chi connectivity index (χ1n) is 9.66. The molecule has 0 saturated carbocycles. The van der Waals surface area contributed by atoms with Gasteiger partial charge >= 0.3 is 0 Å². The van der Waals surface area contributed by atoms with Crippen molar-refractivity contribution in [2.45, 2.75) is 48.0 Å². The Morgan fingerprint density at radius 2 is 1.13 bits per heavy atom. The molecule has 0 heterocycles. The SMILES string of the molecule is CC(C)(C)Oc1ccc([S+](c2ccccc2)c2ccccc2)cc1.CCS(=O)(=O)[O-]. The van der Waals surface area contributed by atoms with Gasteiger partial charge in [-0.1, -0.05) is 43.3 Å². The quantitative estimate of drug-likeness (QED) is 0.384. The third-order valence-corrected chi connectivity index (χ3v) is 6.73. The summed E-state index contributed by atoms with van der Waals surface area (Å²) >= 11 is 0. The van der Waals surface area contributed by atoms with E-state index in [4.69, 9.17) is 4.74 Å². The molecule has 30 heavy (non-hydrogen) atoms. The molecule has 0 fully saturated rings. The summed E-state index contributed by atoms with van der Waals surface area (Å²) in [7, 11) is -4.01. The van der Waals surface area contributed by atoms with Gasteiger partial charge in [0.25, 0.3) is 0 Å². The molecule has 0 aliphatic carbocycles. The molecule has 3 aromatic rings. The van der Waals surface area contributed by atoms with E-state index in [1.165, 1.54) is 21.6 Å². The van der Waals surface area contributed by atoms with E-state index in [1.807, 2.05) is 0 Å². The summed E-state index contributed by atoms with van der Waals surface area (Å²) in [4.78, 5) is 3.95. The molecule has 3 rings (SSSR count). The highest BCUT2D eigenvalue weighted by Gasteiger charge is 2.28. The monoisotopic (exact) mass is 444 g/mol. The Morgan fingerprint density at radius 1 is 0.767 bits per heavy atom. The van der Waals surface area contributed by atoms with Crippen LogP contribution in [0.5, 0.6) is 5.75 Å². The van der Waals surface area contributed by atoms with Crippen LogP contribution in [-0.2, 0) is 21.0 Å². The second-order valence-electron chi connectivity index (χ2n) is 7.46. The maximum Gasteiger partial charge on any atom is 0.166 e. The van der Waals surface area contributed by atoms with Gasteiger partial charge in [0.15, 0.2) is 14.7 Å². The number of benzene rings is 3. The predicted molar refractivity (Wildman–Crippen MR) is 122 cm³/mol. The van der Waals surface area contributed by atoms with Crippen LogP contribution < -0.4 is 4.74 Å². The molecule has 0 saturated heterocycles. The van der Waals surface area contributed by atoms with E-state index in [9.17, 15) is 13.0 Å². The zero-order valence-electron chi connectivity index (χ0n) is 17.7. The van der Waals surface area contributed by atoms with E-state index in [0.717, 1.165) is 5.75 Å². The van der Waals surface area contributed by atoms with Crippen molar-refractivity contribution in [1.82, 2.24) is 0 Å². The minimum Gasteiger partial charge on any atom is -0.748 e. The van der Waals surface area contributed by atoms with Crippen LogP contribution >= 0.6 is 0 Å². The van der Waals surface area contributed by atoms with Crippen molar-refractivity contribution >= 4 is 21.0 Å². The van der Waals surface area contributed by atoms with Gasteiger partial charge in [0.1, 0.15) is 11.4 Å². The fourth-order valence-corrected chi connectivity index (χ4v) is 4.60. The summed E-state index contributed by atoms with van der Waals surface area (Å²) in [6.45, 7) is 7.51. The first-order chi connectivity index (χ1) is 14.1. The van der Waals surface area contributed by atoms with Crippen LogP contribution in [0.2, 0.25) is 0 Å². The largest absolute Gasteiger partial charge is 0.748 e. The molecule has 0 aromatic heterocycles. The van der Waals surface area contributed by atoms with Crippen molar-refractivity contribution in [1.29, 1.82) is 0 Å². The minimum atomic E-state index is -3.91. The Hall–Kier alpha value is -2.28. The Balaban J connectivity index is 0.000000469. The molecule has 6 heteroatoms. The molecule has 4 nitrogen and oxygen atoms in total. The molecule has 0 amide bonds. The summed E-state index contributed by atoms with van der Waals surface area (Å²) in [5, 5.41) is 0. The van der Waals surface area contributed by atoms with Gasteiger partial charge in [-0.3, -0.25) is 0 Å². The average Bonchev–Trinajstić information content (AvgIpc) is 2.70. The van der Waals surface area contributed by atoms with Gasteiger partial charge in [0, 0.05) is 5.75 Å². The van der Waals surface area contributed by atoms with Crippen molar-refractivity contribution in [3.63, 3.8) is 0 Å². The number of hydrogen-bond acceptors (Lipinski definition) is 4. The molecule has 0 aliphatic rings. The number of hydrogen-bond donors (Lipinski definition) is 0. The highest BCUT2D eigenvalue weighted by Crippen LogP contribution is 2.32. The average molecular weight is 445 g/mol. The lowest BCUT2D eigenvalue weighted by atomic mass is 10.2. The van der Waals surface area contributed by atoms with Crippen LogP contribution in [0.1, 0.15) is 27.7 Å². The van der Waals surface area contributed by atoms with Crippen LogP contribution in [0.15, 0.2) is 99.6 Å². The van der Waals surface area contributed by atoms with Crippen LogP contribution in [0.4, 0.5) is 0 Å². The molecule has 3 aromatic carbocycles. The van der Waals surface area contributed by atoms with Gasteiger partial charge < -0.3 is 9.29 Å². The highest BCUT2D eigenvalue weighted by atomic mass is 32.2. The standard InChI is InChI=1S/C22H23OS.C2H6O3S/c1-22(2,3)23-18-14-16-21(17-15-18)24(19-10-6-4-7-11-19)20-12-8-5-9-13-20;1-2-6(3,4)5/h4-17H,1-3H3;2H2,1H3,(H,3,4,5)/q+1;/p-1. The summed E-state index contributed by atoms with van der Waals surface area (Å²) in [6, 6.07) is 29.9. The second kappa shape index (κ2) is 10.7. The van der Waals surface area contributed by atoms with Crippen LogP contribution in [0.25, 0.3) is 0 Å². The van der Waals surface area contributed by atoms with Crippen LogP contribution in [0.3, 0.4) is 0 Å². The molecule has 0 N–H and O–H groups in total. The van der Waals surface area contributed by atoms with E-state index in [0.29, 0.717) is 0 Å². The maximum absolute atomic E-state index is 9.44. The first-order valence-corrected chi connectivity index (χ1v) is 12.5. The third kappa shape index (κ3) is 8.22. The van der Waals surface area contributed by atoms with Gasteiger partial charge in [0.2, 0.25) is 0 Å². The van der Waals surface area contributed by atoms with Crippen LogP contribution in [0, 0.1) is 0 Å². The second-order valence-corrected chi connectivity index (χ2v) is 11.2. The smallest absolute Gasteiger partial charge is 0.166 e. The number of ether oxygens (including phenoxy) is 1. The Labute approximate surface area is 183 Å². The first kappa shape index (κ1) is 24.0. The highest BCUT2D eigenvalue weighted by molar-refractivity contribution is 7.97.